The Morgan fingerprint density at radius 3 is 2.41 bits per heavy atom. The number of rotatable bonds is 3. The fourth-order valence-corrected chi connectivity index (χ4v) is 3.05. The highest BCUT2D eigenvalue weighted by Crippen LogP contribution is 2.36. The highest BCUT2D eigenvalue weighted by Gasteiger charge is 2.29. The fourth-order valence-electron chi connectivity index (χ4n) is 3.05. The average molecular weight is 235 g/mol. The van der Waals surface area contributed by atoms with Crippen LogP contribution < -0.4 is 5.73 Å². The number of nitrogens with zero attached hydrogens (tertiary/aromatic N) is 2. The molecule has 0 bridgehead atoms. The predicted octanol–water partition coefficient (Wildman–Crippen LogP) is 2.65. The zero-order valence-corrected chi connectivity index (χ0v) is 11.0. The van der Waals surface area contributed by atoms with Gasteiger partial charge in [-0.05, 0) is 37.3 Å². The summed E-state index contributed by atoms with van der Waals surface area (Å²) in [6.45, 7) is 0.809. The third-order valence-corrected chi connectivity index (χ3v) is 4.17. The van der Waals surface area contributed by atoms with E-state index in [4.69, 9.17) is 5.73 Å². The lowest BCUT2D eigenvalue weighted by molar-refractivity contribution is 0.214. The second-order valence-corrected chi connectivity index (χ2v) is 5.63. The van der Waals surface area contributed by atoms with Crippen molar-refractivity contribution in [3.63, 3.8) is 0 Å². The van der Waals surface area contributed by atoms with E-state index in [9.17, 15) is 0 Å². The molecule has 0 aromatic carbocycles. The molecule has 1 fully saturated rings. The molecule has 17 heavy (non-hydrogen) atoms. The lowest BCUT2D eigenvalue weighted by Crippen LogP contribution is -2.33. The van der Waals surface area contributed by atoms with Gasteiger partial charge in [-0.1, -0.05) is 32.1 Å². The number of nitrogens with two attached hydrogens (primary N) is 1. The first-order valence-electron chi connectivity index (χ1n) is 6.93. The molecular weight excluding hydrogens is 210 g/mol. The molecule has 1 heterocycles. The normalized spacial score (nSPS) is 20.8. The van der Waals surface area contributed by atoms with Crippen LogP contribution >= 0.6 is 0 Å². The van der Waals surface area contributed by atoms with Gasteiger partial charge in [0.15, 0.2) is 0 Å². The molecular formula is C14H25N3. The second-order valence-electron chi connectivity index (χ2n) is 5.63. The molecule has 0 radical (unpaired) electrons. The summed E-state index contributed by atoms with van der Waals surface area (Å²) < 4.78 is 1.89. The maximum Gasteiger partial charge on any atom is 0.0630 e. The summed E-state index contributed by atoms with van der Waals surface area (Å²) in [5.74, 6) is 0. The van der Waals surface area contributed by atoms with Gasteiger partial charge in [-0.2, -0.15) is 5.10 Å². The zero-order valence-electron chi connectivity index (χ0n) is 11.0. The molecule has 2 rings (SSSR count). The molecule has 0 atom stereocenters. The highest BCUT2D eigenvalue weighted by molar-refractivity contribution is 5.04. The van der Waals surface area contributed by atoms with Crippen molar-refractivity contribution in [2.24, 2.45) is 18.2 Å². The van der Waals surface area contributed by atoms with Gasteiger partial charge < -0.3 is 5.73 Å². The van der Waals surface area contributed by atoms with Crippen LogP contribution in [0.3, 0.4) is 0 Å². The Hall–Kier alpha value is -0.830. The molecule has 0 saturated heterocycles. The minimum atomic E-state index is 0.314. The van der Waals surface area contributed by atoms with Crippen LogP contribution in [0.4, 0.5) is 0 Å². The summed E-state index contributed by atoms with van der Waals surface area (Å²) in [7, 11) is 1.98. The van der Waals surface area contributed by atoms with E-state index in [2.05, 4.69) is 11.2 Å². The third kappa shape index (κ3) is 3.32. The predicted molar refractivity (Wildman–Crippen MR) is 70.7 cm³/mol. The highest BCUT2D eigenvalue weighted by atomic mass is 15.2. The first kappa shape index (κ1) is 12.6. The number of aryl methyl sites for hydroxylation is 1. The van der Waals surface area contributed by atoms with Gasteiger partial charge in [0.05, 0.1) is 5.69 Å². The van der Waals surface area contributed by atoms with Crippen molar-refractivity contribution in [2.45, 2.75) is 51.4 Å². The lowest BCUT2D eigenvalue weighted by Gasteiger charge is -2.33. The van der Waals surface area contributed by atoms with Gasteiger partial charge in [0.2, 0.25) is 0 Å². The molecule has 2 N–H and O–H groups in total. The summed E-state index contributed by atoms with van der Waals surface area (Å²) in [5.41, 5.74) is 7.60. The smallest absolute Gasteiger partial charge is 0.0630 e. The Bertz CT molecular complexity index is 335. The lowest BCUT2D eigenvalue weighted by atomic mass is 9.73. The molecule has 0 spiro atoms. The summed E-state index contributed by atoms with van der Waals surface area (Å²) >= 11 is 0. The van der Waals surface area contributed by atoms with E-state index in [0.29, 0.717) is 5.41 Å². The van der Waals surface area contributed by atoms with Gasteiger partial charge in [-0.25, -0.2) is 0 Å². The first-order valence-corrected chi connectivity index (χ1v) is 6.93. The molecule has 96 valence electrons. The first-order chi connectivity index (χ1) is 8.24. The van der Waals surface area contributed by atoms with Gasteiger partial charge in [-0.3, -0.25) is 4.68 Å². The third-order valence-electron chi connectivity index (χ3n) is 4.17. The van der Waals surface area contributed by atoms with Gasteiger partial charge >= 0.3 is 0 Å². The van der Waals surface area contributed by atoms with Crippen LogP contribution in [0.25, 0.3) is 0 Å². The van der Waals surface area contributed by atoms with Gasteiger partial charge in [0.25, 0.3) is 0 Å². The molecule has 1 aromatic rings. The van der Waals surface area contributed by atoms with E-state index in [0.717, 1.165) is 13.0 Å². The summed E-state index contributed by atoms with van der Waals surface area (Å²) in [6.07, 6.45) is 12.5. The second kappa shape index (κ2) is 5.67. The fraction of sp³-hybridized carbons (Fsp3) is 0.786. The van der Waals surface area contributed by atoms with Crippen molar-refractivity contribution < 1.29 is 0 Å². The SMILES string of the molecule is Cn1ccc(CC2(CN)CCCCCCC2)n1. The quantitative estimate of drug-likeness (QED) is 0.875. The zero-order chi connectivity index (χ0) is 12.1. The van der Waals surface area contributed by atoms with E-state index >= 15 is 0 Å². The molecule has 1 saturated carbocycles. The number of hydrogen-bond donors (Lipinski definition) is 1. The van der Waals surface area contributed by atoms with Crippen LogP contribution in [0.1, 0.15) is 50.6 Å². The molecule has 1 aromatic heterocycles. The standard InChI is InChI=1S/C14H25N3/c1-17-10-7-13(16-17)11-14(12-15)8-5-3-2-4-6-9-14/h7,10H,2-6,8-9,11-12,15H2,1H3. The molecule has 3 heteroatoms. The van der Waals surface area contributed by atoms with Gasteiger partial charge in [-0.15, -0.1) is 0 Å². The van der Waals surface area contributed by atoms with Crippen LogP contribution in [0.15, 0.2) is 12.3 Å². The van der Waals surface area contributed by atoms with Crippen LogP contribution in [0, 0.1) is 5.41 Å². The Balaban J connectivity index is 2.05. The molecule has 1 aliphatic rings. The van der Waals surface area contributed by atoms with Gasteiger partial charge in [0, 0.05) is 13.2 Å². The number of hydrogen-bond acceptors (Lipinski definition) is 2. The number of aromatic nitrogens is 2. The minimum absolute atomic E-state index is 0.314. The van der Waals surface area contributed by atoms with Crippen molar-refractivity contribution in [2.75, 3.05) is 6.54 Å². The average Bonchev–Trinajstić information content (AvgIpc) is 2.68. The Morgan fingerprint density at radius 1 is 1.24 bits per heavy atom. The molecule has 3 nitrogen and oxygen atoms in total. The maximum absolute atomic E-state index is 6.08. The van der Waals surface area contributed by atoms with E-state index in [1.807, 2.05) is 17.9 Å². The van der Waals surface area contributed by atoms with Gasteiger partial charge in [0.1, 0.15) is 0 Å². The van der Waals surface area contributed by atoms with E-state index in [1.54, 1.807) is 0 Å². The molecule has 0 unspecified atom stereocenters. The van der Waals surface area contributed by atoms with Crippen LogP contribution in [-0.2, 0) is 13.5 Å². The van der Waals surface area contributed by atoms with Crippen molar-refractivity contribution in [3.05, 3.63) is 18.0 Å². The van der Waals surface area contributed by atoms with Crippen LogP contribution in [0.5, 0.6) is 0 Å². The van der Waals surface area contributed by atoms with E-state index in [-0.39, 0.29) is 0 Å². The molecule has 0 aliphatic heterocycles. The van der Waals surface area contributed by atoms with Crippen molar-refractivity contribution in [1.82, 2.24) is 9.78 Å². The maximum atomic E-state index is 6.08. The Morgan fingerprint density at radius 2 is 1.88 bits per heavy atom. The Labute approximate surface area is 104 Å². The molecule has 0 amide bonds. The summed E-state index contributed by atoms with van der Waals surface area (Å²) in [4.78, 5) is 0. The largest absolute Gasteiger partial charge is 0.330 e. The van der Waals surface area contributed by atoms with Crippen LogP contribution in [-0.4, -0.2) is 16.3 Å². The van der Waals surface area contributed by atoms with Crippen molar-refractivity contribution in [1.29, 1.82) is 0 Å². The van der Waals surface area contributed by atoms with Crippen molar-refractivity contribution >= 4 is 0 Å². The Kier molecular flexibility index (Phi) is 4.21. The van der Waals surface area contributed by atoms with Crippen LogP contribution in [0.2, 0.25) is 0 Å². The van der Waals surface area contributed by atoms with E-state index in [1.165, 1.54) is 50.6 Å². The topological polar surface area (TPSA) is 43.8 Å². The minimum Gasteiger partial charge on any atom is -0.330 e. The van der Waals surface area contributed by atoms with Crippen molar-refractivity contribution in [3.8, 4) is 0 Å². The van der Waals surface area contributed by atoms with E-state index < -0.39 is 0 Å². The summed E-state index contributed by atoms with van der Waals surface area (Å²) in [5, 5.41) is 4.51. The molecule has 1 aliphatic carbocycles. The summed E-state index contributed by atoms with van der Waals surface area (Å²) in [6, 6.07) is 2.14. The monoisotopic (exact) mass is 235 g/mol.